The molecule has 1 atom stereocenters. The summed E-state index contributed by atoms with van der Waals surface area (Å²) in [6.07, 6.45) is 9.49. The van der Waals surface area contributed by atoms with Gasteiger partial charge in [0.2, 0.25) is 0 Å². The summed E-state index contributed by atoms with van der Waals surface area (Å²) in [5, 5.41) is 0. The predicted molar refractivity (Wildman–Crippen MR) is 108 cm³/mol. The van der Waals surface area contributed by atoms with Gasteiger partial charge in [0.25, 0.3) is 0 Å². The van der Waals surface area contributed by atoms with Crippen LogP contribution in [0.15, 0.2) is 18.2 Å². The largest absolute Gasteiger partial charge is 0.490 e. The zero-order chi connectivity index (χ0) is 18.2. The zero-order valence-corrected chi connectivity index (χ0v) is 16.5. The van der Waals surface area contributed by atoms with E-state index < -0.39 is 0 Å². The van der Waals surface area contributed by atoms with Crippen molar-refractivity contribution < 1.29 is 4.74 Å². The highest BCUT2D eigenvalue weighted by molar-refractivity contribution is 5.76. The van der Waals surface area contributed by atoms with Gasteiger partial charge in [-0.25, -0.2) is 4.98 Å². The van der Waals surface area contributed by atoms with Crippen molar-refractivity contribution in [2.24, 2.45) is 0 Å². The number of H-pyrrole nitrogens is 1. The Labute approximate surface area is 162 Å². The van der Waals surface area contributed by atoms with Gasteiger partial charge in [-0.2, -0.15) is 0 Å². The van der Waals surface area contributed by atoms with Crippen LogP contribution in [0.2, 0.25) is 0 Å². The summed E-state index contributed by atoms with van der Waals surface area (Å²) in [4.78, 5) is 13.5. The van der Waals surface area contributed by atoms with Gasteiger partial charge in [-0.15, -0.1) is 0 Å². The molecule has 2 aromatic rings. The first-order chi connectivity index (χ1) is 13.2. The van der Waals surface area contributed by atoms with Crippen LogP contribution in [0.1, 0.15) is 57.7 Å². The van der Waals surface area contributed by atoms with E-state index in [0.29, 0.717) is 12.1 Å². The van der Waals surface area contributed by atoms with Crippen LogP contribution in [-0.2, 0) is 6.54 Å². The van der Waals surface area contributed by atoms with Crippen molar-refractivity contribution in [2.45, 2.75) is 76.6 Å². The van der Waals surface area contributed by atoms with E-state index in [4.69, 9.17) is 9.72 Å². The summed E-state index contributed by atoms with van der Waals surface area (Å²) in [6.45, 7) is 6.81. The van der Waals surface area contributed by atoms with Gasteiger partial charge in [0, 0.05) is 31.2 Å². The summed E-state index contributed by atoms with van der Waals surface area (Å²) in [5.41, 5.74) is 2.14. The van der Waals surface area contributed by atoms with E-state index in [-0.39, 0.29) is 0 Å². The molecule has 0 unspecified atom stereocenters. The van der Waals surface area contributed by atoms with Crippen molar-refractivity contribution in [3.63, 3.8) is 0 Å². The Morgan fingerprint density at radius 2 is 1.93 bits per heavy atom. The number of piperidine rings is 1. The maximum atomic E-state index is 6.32. The summed E-state index contributed by atoms with van der Waals surface area (Å²) in [5.74, 6) is 2.05. The smallest absolute Gasteiger partial charge is 0.121 e. The molecule has 1 aromatic carbocycles. The Bertz CT molecular complexity index is 776. The number of fused-ring (bicyclic) bond motifs is 1. The lowest BCUT2D eigenvalue weighted by Gasteiger charge is -2.41. The number of ether oxygens (including phenoxy) is 1. The Morgan fingerprint density at radius 1 is 1.07 bits per heavy atom. The van der Waals surface area contributed by atoms with E-state index >= 15 is 0 Å². The van der Waals surface area contributed by atoms with Crippen LogP contribution in [0.25, 0.3) is 11.0 Å². The van der Waals surface area contributed by atoms with Gasteiger partial charge in [-0.05, 0) is 64.1 Å². The highest BCUT2D eigenvalue weighted by Gasteiger charge is 2.29. The molecule has 1 saturated carbocycles. The van der Waals surface area contributed by atoms with Gasteiger partial charge in [-0.3, -0.25) is 4.90 Å². The first-order valence-electron chi connectivity index (χ1n) is 10.9. The molecule has 1 N–H and O–H groups in total. The molecule has 1 aliphatic carbocycles. The topological polar surface area (TPSA) is 44.4 Å². The molecule has 27 heavy (non-hydrogen) atoms. The molecule has 0 spiro atoms. The first kappa shape index (κ1) is 17.5. The van der Waals surface area contributed by atoms with E-state index in [1.54, 1.807) is 0 Å². The average Bonchev–Trinajstić information content (AvgIpc) is 3.21. The Kier molecular flexibility index (Phi) is 4.82. The lowest BCUT2D eigenvalue weighted by atomic mass is 9.90. The summed E-state index contributed by atoms with van der Waals surface area (Å²) in [6, 6.07) is 7.86. The number of aromatic nitrogens is 2. The van der Waals surface area contributed by atoms with E-state index in [1.807, 2.05) is 0 Å². The Balaban J connectivity index is 1.21. The molecule has 5 rings (SSSR count). The maximum absolute atomic E-state index is 6.32. The van der Waals surface area contributed by atoms with E-state index in [1.165, 1.54) is 51.7 Å². The van der Waals surface area contributed by atoms with Gasteiger partial charge < -0.3 is 14.6 Å². The Hall–Kier alpha value is -1.59. The van der Waals surface area contributed by atoms with Crippen LogP contribution in [0.3, 0.4) is 0 Å². The van der Waals surface area contributed by atoms with Crippen LogP contribution in [0.5, 0.6) is 5.75 Å². The average molecular weight is 369 g/mol. The molecular weight excluding hydrogens is 336 g/mol. The second-order valence-corrected chi connectivity index (χ2v) is 8.76. The summed E-state index contributed by atoms with van der Waals surface area (Å²) < 4.78 is 6.32. The number of hydrogen-bond acceptors (Lipinski definition) is 4. The van der Waals surface area contributed by atoms with Crippen LogP contribution >= 0.6 is 0 Å². The van der Waals surface area contributed by atoms with Crippen molar-refractivity contribution in [1.82, 2.24) is 19.8 Å². The van der Waals surface area contributed by atoms with E-state index in [9.17, 15) is 0 Å². The van der Waals surface area contributed by atoms with E-state index in [2.05, 4.69) is 39.9 Å². The number of aromatic amines is 1. The third-order valence-corrected chi connectivity index (χ3v) is 6.92. The van der Waals surface area contributed by atoms with Crippen LogP contribution < -0.4 is 4.74 Å². The summed E-state index contributed by atoms with van der Waals surface area (Å²) >= 11 is 0. The minimum Gasteiger partial charge on any atom is -0.490 e. The fraction of sp³-hybridized carbons (Fsp3) is 0.682. The number of hydrogen-bond donors (Lipinski definition) is 1. The second-order valence-electron chi connectivity index (χ2n) is 8.76. The zero-order valence-electron chi connectivity index (χ0n) is 16.5. The number of imidazole rings is 1. The molecule has 2 aliphatic heterocycles. The van der Waals surface area contributed by atoms with Crippen molar-refractivity contribution in [3.05, 3.63) is 24.0 Å². The van der Waals surface area contributed by atoms with Crippen molar-refractivity contribution >= 4 is 11.0 Å². The molecule has 2 saturated heterocycles. The lowest BCUT2D eigenvalue weighted by molar-refractivity contribution is 0.0494. The van der Waals surface area contributed by atoms with Gasteiger partial charge in [0.05, 0.1) is 17.6 Å². The minimum absolute atomic E-state index is 0.353. The van der Waals surface area contributed by atoms with Gasteiger partial charge >= 0.3 is 0 Å². The molecule has 3 heterocycles. The number of likely N-dealkylation sites (tertiary alicyclic amines) is 2. The first-order valence-corrected chi connectivity index (χ1v) is 10.9. The normalized spacial score (nSPS) is 25.9. The molecule has 3 fully saturated rings. The standard InChI is InChI=1S/C22H32N4O/c1-16-4-3-11-26(16)15-22-23-20-8-7-19(14-21(20)24-22)27-18-9-12-25(13-10-18)17-5-2-6-17/h7-8,14,16-18H,2-6,9-13,15H2,1H3,(H,23,24)/t16-/m1/s1. The fourth-order valence-electron chi connectivity index (χ4n) is 4.91. The van der Waals surface area contributed by atoms with Gasteiger partial charge in [0.1, 0.15) is 17.7 Å². The van der Waals surface area contributed by atoms with Crippen molar-refractivity contribution in [1.29, 1.82) is 0 Å². The van der Waals surface area contributed by atoms with Crippen molar-refractivity contribution in [3.8, 4) is 5.75 Å². The second kappa shape index (κ2) is 7.44. The third kappa shape index (κ3) is 3.72. The number of rotatable bonds is 5. The van der Waals surface area contributed by atoms with Gasteiger partial charge in [0.15, 0.2) is 0 Å². The molecule has 146 valence electrons. The quantitative estimate of drug-likeness (QED) is 0.868. The van der Waals surface area contributed by atoms with Crippen LogP contribution in [-0.4, -0.2) is 57.6 Å². The molecule has 0 bridgehead atoms. The SMILES string of the molecule is C[C@@H]1CCCN1Cc1nc2ccc(OC3CCN(C4CCC4)CC3)cc2[nH]1. The van der Waals surface area contributed by atoms with E-state index in [0.717, 1.165) is 48.0 Å². The number of benzene rings is 1. The molecule has 0 radical (unpaired) electrons. The van der Waals surface area contributed by atoms with Crippen molar-refractivity contribution in [2.75, 3.05) is 19.6 Å². The molecule has 5 nitrogen and oxygen atoms in total. The number of nitrogens with one attached hydrogen (secondary N) is 1. The molecule has 5 heteroatoms. The highest BCUT2D eigenvalue weighted by atomic mass is 16.5. The predicted octanol–water partition coefficient (Wildman–Crippen LogP) is 3.94. The molecule has 1 aromatic heterocycles. The highest BCUT2D eigenvalue weighted by Crippen LogP contribution is 2.29. The molecular formula is C22H32N4O. The van der Waals surface area contributed by atoms with Crippen LogP contribution in [0, 0.1) is 0 Å². The third-order valence-electron chi connectivity index (χ3n) is 6.92. The fourth-order valence-corrected chi connectivity index (χ4v) is 4.91. The minimum atomic E-state index is 0.353. The molecule has 0 amide bonds. The lowest BCUT2D eigenvalue weighted by Crippen LogP contribution is -2.46. The maximum Gasteiger partial charge on any atom is 0.121 e. The molecule has 3 aliphatic rings. The van der Waals surface area contributed by atoms with Gasteiger partial charge in [-0.1, -0.05) is 6.42 Å². The monoisotopic (exact) mass is 368 g/mol. The van der Waals surface area contributed by atoms with Crippen LogP contribution in [0.4, 0.5) is 0 Å². The summed E-state index contributed by atoms with van der Waals surface area (Å²) in [7, 11) is 0. The number of nitrogens with zero attached hydrogens (tertiary/aromatic N) is 3. The Morgan fingerprint density at radius 3 is 2.63 bits per heavy atom.